The van der Waals surface area contributed by atoms with E-state index in [4.69, 9.17) is 4.74 Å². The highest BCUT2D eigenvalue weighted by molar-refractivity contribution is 9.10. The molecule has 0 N–H and O–H groups in total. The molecule has 0 radical (unpaired) electrons. The van der Waals surface area contributed by atoms with Gasteiger partial charge in [0.15, 0.2) is 0 Å². The summed E-state index contributed by atoms with van der Waals surface area (Å²) in [6.45, 7) is 4.01. The maximum Gasteiger partial charge on any atom is 0.233 e. The Bertz CT molecular complexity index is 555. The quantitative estimate of drug-likeness (QED) is 0.754. The number of rotatable bonds is 2. The Balaban J connectivity index is 2.28. The molecule has 4 heteroatoms. The van der Waals surface area contributed by atoms with E-state index in [1.54, 1.807) is 6.20 Å². The molecule has 0 spiro atoms. The molecule has 0 aliphatic heterocycles. The van der Waals surface area contributed by atoms with Gasteiger partial charge in [0.1, 0.15) is 5.75 Å². The van der Waals surface area contributed by atoms with Gasteiger partial charge in [-0.3, -0.25) is 0 Å². The molecule has 0 saturated heterocycles. The van der Waals surface area contributed by atoms with E-state index < -0.39 is 0 Å². The van der Waals surface area contributed by atoms with E-state index in [-0.39, 0.29) is 0 Å². The molecule has 1 heterocycles. The number of ether oxygens (including phenoxy) is 1. The first-order valence-corrected chi connectivity index (χ1v) is 6.71. The molecule has 0 saturated carbocycles. The van der Waals surface area contributed by atoms with Gasteiger partial charge in [-0.15, -0.1) is 0 Å². The van der Waals surface area contributed by atoms with Crippen LogP contribution in [0.3, 0.4) is 0 Å². The lowest BCUT2D eigenvalue weighted by atomic mass is 10.2. The molecule has 2 aromatic rings. The fourth-order valence-corrected chi connectivity index (χ4v) is 2.18. The summed E-state index contributed by atoms with van der Waals surface area (Å²) in [6.07, 6.45) is 1.78. The summed E-state index contributed by atoms with van der Waals surface area (Å²) in [4.78, 5) is 4.24. The maximum atomic E-state index is 5.72. The van der Waals surface area contributed by atoms with Crippen molar-refractivity contribution < 1.29 is 4.74 Å². The summed E-state index contributed by atoms with van der Waals surface area (Å²) >= 11 is 6.90. The van der Waals surface area contributed by atoms with E-state index in [1.807, 2.05) is 38.1 Å². The highest BCUT2D eigenvalue weighted by atomic mass is 79.9. The van der Waals surface area contributed by atoms with Crippen molar-refractivity contribution in [3.8, 4) is 11.6 Å². The number of halogens is 2. The Hall–Kier alpha value is -0.870. The first-order chi connectivity index (χ1) is 8.06. The Kier molecular flexibility index (Phi) is 3.84. The summed E-state index contributed by atoms with van der Waals surface area (Å²) in [5.74, 6) is 1.36. The zero-order valence-electron chi connectivity index (χ0n) is 9.50. The highest BCUT2D eigenvalue weighted by Gasteiger charge is 2.05. The van der Waals surface area contributed by atoms with Crippen LogP contribution in [-0.2, 0) is 0 Å². The van der Waals surface area contributed by atoms with Gasteiger partial charge in [0.25, 0.3) is 0 Å². The largest absolute Gasteiger partial charge is 0.438 e. The fraction of sp³-hybridized carbons (Fsp3) is 0.154. The molecular weight excluding hydrogens is 346 g/mol. The van der Waals surface area contributed by atoms with Crippen LogP contribution >= 0.6 is 31.9 Å². The van der Waals surface area contributed by atoms with E-state index in [9.17, 15) is 0 Å². The van der Waals surface area contributed by atoms with Crippen LogP contribution in [0.2, 0.25) is 0 Å². The minimum atomic E-state index is 0.581. The maximum absolute atomic E-state index is 5.72. The first kappa shape index (κ1) is 12.6. The topological polar surface area (TPSA) is 22.1 Å². The number of aryl methyl sites for hydroxylation is 2. The molecule has 2 nitrogen and oxygen atoms in total. The van der Waals surface area contributed by atoms with Crippen molar-refractivity contribution in [3.05, 3.63) is 50.5 Å². The lowest BCUT2D eigenvalue weighted by Gasteiger charge is -2.08. The molecule has 0 bridgehead atoms. The van der Waals surface area contributed by atoms with Crippen molar-refractivity contribution >= 4 is 31.9 Å². The molecule has 17 heavy (non-hydrogen) atoms. The van der Waals surface area contributed by atoms with Crippen LogP contribution in [0.15, 0.2) is 39.4 Å². The van der Waals surface area contributed by atoms with E-state index in [1.165, 1.54) is 0 Å². The van der Waals surface area contributed by atoms with E-state index in [2.05, 4.69) is 36.8 Å². The number of benzene rings is 1. The van der Waals surface area contributed by atoms with Crippen molar-refractivity contribution in [2.45, 2.75) is 13.8 Å². The first-order valence-electron chi connectivity index (χ1n) is 5.12. The van der Waals surface area contributed by atoms with Gasteiger partial charge in [-0.1, -0.05) is 15.9 Å². The second-order valence-electron chi connectivity index (χ2n) is 3.81. The predicted octanol–water partition coefficient (Wildman–Crippen LogP) is 5.02. The average molecular weight is 357 g/mol. The van der Waals surface area contributed by atoms with E-state index in [0.717, 1.165) is 25.8 Å². The van der Waals surface area contributed by atoms with Crippen LogP contribution < -0.4 is 4.74 Å². The molecule has 0 fully saturated rings. The average Bonchev–Trinajstić information content (AvgIpc) is 2.27. The standard InChI is InChI=1S/C13H11Br2NO/c1-8-5-12(15)13(16-7-8)17-10-3-4-11(14)9(2)6-10/h3-7H,1-2H3. The van der Waals surface area contributed by atoms with Gasteiger partial charge in [-0.2, -0.15) is 0 Å². The summed E-state index contributed by atoms with van der Waals surface area (Å²) in [6, 6.07) is 7.82. The van der Waals surface area contributed by atoms with Gasteiger partial charge in [0.05, 0.1) is 4.47 Å². The fourth-order valence-electron chi connectivity index (χ4n) is 1.39. The van der Waals surface area contributed by atoms with E-state index >= 15 is 0 Å². The molecule has 1 aromatic heterocycles. The van der Waals surface area contributed by atoms with Crippen LogP contribution in [0.1, 0.15) is 11.1 Å². The minimum absolute atomic E-state index is 0.581. The van der Waals surface area contributed by atoms with Crippen LogP contribution in [0, 0.1) is 13.8 Å². The van der Waals surface area contributed by atoms with Crippen molar-refractivity contribution in [1.29, 1.82) is 0 Å². The third kappa shape index (κ3) is 3.07. The summed E-state index contributed by atoms with van der Waals surface area (Å²) < 4.78 is 7.65. The third-order valence-corrected chi connectivity index (χ3v) is 3.75. The molecule has 0 atom stereocenters. The van der Waals surface area contributed by atoms with Crippen LogP contribution in [0.25, 0.3) is 0 Å². The van der Waals surface area contributed by atoms with Crippen molar-refractivity contribution in [2.24, 2.45) is 0 Å². The van der Waals surface area contributed by atoms with E-state index in [0.29, 0.717) is 5.88 Å². The molecule has 0 unspecified atom stereocenters. The Morgan fingerprint density at radius 1 is 1.06 bits per heavy atom. The minimum Gasteiger partial charge on any atom is -0.438 e. The van der Waals surface area contributed by atoms with Gasteiger partial charge in [0, 0.05) is 10.7 Å². The summed E-state index contributed by atoms with van der Waals surface area (Å²) in [7, 11) is 0. The molecule has 0 amide bonds. The molecule has 0 aliphatic carbocycles. The molecule has 88 valence electrons. The SMILES string of the molecule is Cc1cnc(Oc2ccc(Br)c(C)c2)c(Br)c1. The Morgan fingerprint density at radius 3 is 2.47 bits per heavy atom. The molecular formula is C13H11Br2NO. The Labute approximate surface area is 117 Å². The summed E-state index contributed by atoms with van der Waals surface area (Å²) in [5, 5.41) is 0. The lowest BCUT2D eigenvalue weighted by Crippen LogP contribution is -1.90. The molecule has 2 rings (SSSR count). The highest BCUT2D eigenvalue weighted by Crippen LogP contribution is 2.29. The second-order valence-corrected chi connectivity index (χ2v) is 5.52. The van der Waals surface area contributed by atoms with Crippen LogP contribution in [-0.4, -0.2) is 4.98 Å². The number of pyridine rings is 1. The van der Waals surface area contributed by atoms with Crippen LogP contribution in [0.4, 0.5) is 0 Å². The number of nitrogens with zero attached hydrogens (tertiary/aromatic N) is 1. The molecule has 1 aromatic carbocycles. The van der Waals surface area contributed by atoms with Crippen molar-refractivity contribution in [2.75, 3.05) is 0 Å². The van der Waals surface area contributed by atoms with Gasteiger partial charge >= 0.3 is 0 Å². The monoisotopic (exact) mass is 355 g/mol. The zero-order chi connectivity index (χ0) is 12.4. The normalized spacial score (nSPS) is 10.4. The zero-order valence-corrected chi connectivity index (χ0v) is 12.7. The smallest absolute Gasteiger partial charge is 0.233 e. The third-order valence-electron chi connectivity index (χ3n) is 2.29. The number of hydrogen-bond acceptors (Lipinski definition) is 2. The number of hydrogen-bond donors (Lipinski definition) is 0. The summed E-state index contributed by atoms with van der Waals surface area (Å²) in [5.41, 5.74) is 2.22. The van der Waals surface area contributed by atoms with Crippen molar-refractivity contribution in [3.63, 3.8) is 0 Å². The lowest BCUT2D eigenvalue weighted by molar-refractivity contribution is 0.459. The molecule has 0 aliphatic rings. The Morgan fingerprint density at radius 2 is 1.82 bits per heavy atom. The van der Waals surface area contributed by atoms with Gasteiger partial charge < -0.3 is 4.74 Å². The van der Waals surface area contributed by atoms with Crippen LogP contribution in [0.5, 0.6) is 11.6 Å². The number of aromatic nitrogens is 1. The predicted molar refractivity (Wildman–Crippen MR) is 75.6 cm³/mol. The second kappa shape index (κ2) is 5.19. The van der Waals surface area contributed by atoms with Gasteiger partial charge in [0.2, 0.25) is 5.88 Å². The van der Waals surface area contributed by atoms with Gasteiger partial charge in [-0.25, -0.2) is 4.98 Å². The van der Waals surface area contributed by atoms with Crippen molar-refractivity contribution in [1.82, 2.24) is 4.98 Å². The van der Waals surface area contributed by atoms with Gasteiger partial charge in [-0.05, 0) is 65.2 Å².